The molecule has 1 atom stereocenters. The van der Waals surface area contributed by atoms with Crippen LogP contribution in [0.2, 0.25) is 0 Å². The van der Waals surface area contributed by atoms with E-state index < -0.39 is 0 Å². The molecule has 1 aliphatic heterocycles. The number of carbonyl (C=O) groups is 1. The van der Waals surface area contributed by atoms with Crippen LogP contribution in [0.3, 0.4) is 0 Å². The number of nitrogens with one attached hydrogen (secondary N) is 2. The highest BCUT2D eigenvalue weighted by atomic mass is 32.1. The molecule has 6 nitrogen and oxygen atoms in total. The van der Waals surface area contributed by atoms with Crippen LogP contribution in [-0.4, -0.2) is 54.2 Å². The molecule has 18 heavy (non-hydrogen) atoms. The first kappa shape index (κ1) is 13.3. The van der Waals surface area contributed by atoms with Crippen LogP contribution in [0.15, 0.2) is 12.3 Å². The highest BCUT2D eigenvalue weighted by molar-refractivity contribution is 7.10. The van der Waals surface area contributed by atoms with Gasteiger partial charge in [-0.2, -0.15) is 4.37 Å². The molecule has 0 saturated carbocycles. The van der Waals surface area contributed by atoms with Crippen molar-refractivity contribution in [1.29, 1.82) is 0 Å². The number of nitrogens with zero attached hydrogens (tertiary/aromatic N) is 2. The molecule has 2 amide bonds. The zero-order valence-corrected chi connectivity index (χ0v) is 11.2. The number of amides is 2. The van der Waals surface area contributed by atoms with Gasteiger partial charge in [-0.15, -0.1) is 0 Å². The standard InChI is InChI=1S/C11H18N4O2S/c1-9-8-15(6-7-17-9)5-4-12-11(16)14-10-2-3-13-18-10/h2-3,9H,4-8H2,1H3,(H2,12,14,16)/t9-/m0/s1. The summed E-state index contributed by atoms with van der Waals surface area (Å²) in [5.41, 5.74) is 0. The van der Waals surface area contributed by atoms with Gasteiger partial charge in [0.2, 0.25) is 0 Å². The van der Waals surface area contributed by atoms with E-state index in [9.17, 15) is 4.79 Å². The molecule has 0 unspecified atom stereocenters. The number of hydrogen-bond donors (Lipinski definition) is 2. The predicted octanol–water partition coefficient (Wildman–Crippen LogP) is 0.985. The molecule has 2 N–H and O–H groups in total. The lowest BCUT2D eigenvalue weighted by molar-refractivity contribution is -0.0174. The second-order valence-electron chi connectivity index (χ2n) is 4.24. The van der Waals surface area contributed by atoms with Crippen molar-refractivity contribution in [1.82, 2.24) is 14.6 Å². The average molecular weight is 270 g/mol. The maximum absolute atomic E-state index is 11.5. The molecule has 1 aliphatic rings. The Hall–Kier alpha value is -1.18. The Morgan fingerprint density at radius 2 is 2.61 bits per heavy atom. The van der Waals surface area contributed by atoms with Crippen molar-refractivity contribution >= 4 is 22.6 Å². The molecule has 1 saturated heterocycles. The van der Waals surface area contributed by atoms with Gasteiger partial charge in [0.15, 0.2) is 0 Å². The number of rotatable bonds is 4. The van der Waals surface area contributed by atoms with Crippen LogP contribution in [-0.2, 0) is 4.74 Å². The second kappa shape index (κ2) is 6.67. The van der Waals surface area contributed by atoms with Crippen molar-refractivity contribution in [2.75, 3.05) is 38.1 Å². The zero-order valence-electron chi connectivity index (χ0n) is 10.4. The van der Waals surface area contributed by atoms with E-state index in [-0.39, 0.29) is 12.1 Å². The van der Waals surface area contributed by atoms with E-state index in [1.807, 2.05) is 0 Å². The Bertz CT molecular complexity index is 371. The fraction of sp³-hybridized carbons (Fsp3) is 0.636. The minimum absolute atomic E-state index is 0.180. The van der Waals surface area contributed by atoms with Crippen molar-refractivity contribution in [3.8, 4) is 0 Å². The summed E-state index contributed by atoms with van der Waals surface area (Å²) in [6.07, 6.45) is 1.94. The molecule has 2 heterocycles. The third-order valence-electron chi connectivity index (χ3n) is 2.71. The molecule has 0 radical (unpaired) electrons. The van der Waals surface area contributed by atoms with Crippen LogP contribution in [0.25, 0.3) is 0 Å². The van der Waals surface area contributed by atoms with Gasteiger partial charge in [0.05, 0.1) is 12.7 Å². The van der Waals surface area contributed by atoms with E-state index in [2.05, 4.69) is 26.8 Å². The third kappa shape index (κ3) is 4.25. The first-order chi connectivity index (χ1) is 8.74. The molecular formula is C11H18N4O2S. The number of ether oxygens (including phenoxy) is 1. The van der Waals surface area contributed by atoms with Crippen molar-refractivity contribution in [3.63, 3.8) is 0 Å². The summed E-state index contributed by atoms with van der Waals surface area (Å²) in [6, 6.07) is 1.59. The Morgan fingerprint density at radius 1 is 1.72 bits per heavy atom. The van der Waals surface area contributed by atoms with Crippen LogP contribution in [0.5, 0.6) is 0 Å². The molecule has 0 spiro atoms. The van der Waals surface area contributed by atoms with E-state index in [0.29, 0.717) is 6.54 Å². The highest BCUT2D eigenvalue weighted by Gasteiger charge is 2.16. The van der Waals surface area contributed by atoms with E-state index >= 15 is 0 Å². The Labute approximate surface area is 110 Å². The van der Waals surface area contributed by atoms with Crippen molar-refractivity contribution in [2.45, 2.75) is 13.0 Å². The van der Waals surface area contributed by atoms with Gasteiger partial charge >= 0.3 is 6.03 Å². The largest absolute Gasteiger partial charge is 0.376 e. The summed E-state index contributed by atoms with van der Waals surface area (Å²) in [4.78, 5) is 13.8. The second-order valence-corrected chi connectivity index (χ2v) is 5.07. The molecule has 1 aromatic heterocycles. The minimum atomic E-state index is -0.180. The van der Waals surface area contributed by atoms with Crippen molar-refractivity contribution in [3.05, 3.63) is 12.3 Å². The molecule has 7 heteroatoms. The van der Waals surface area contributed by atoms with E-state index in [1.54, 1.807) is 12.3 Å². The molecule has 0 bridgehead atoms. The van der Waals surface area contributed by atoms with Gasteiger partial charge in [-0.1, -0.05) is 0 Å². The highest BCUT2D eigenvalue weighted by Crippen LogP contribution is 2.10. The Kier molecular flexibility index (Phi) is 4.91. The summed E-state index contributed by atoms with van der Waals surface area (Å²) in [7, 11) is 0. The summed E-state index contributed by atoms with van der Waals surface area (Å²) in [5.74, 6) is 0. The molecule has 0 aliphatic carbocycles. The van der Waals surface area contributed by atoms with Gasteiger partial charge < -0.3 is 10.1 Å². The summed E-state index contributed by atoms with van der Waals surface area (Å²) in [6.45, 7) is 6.19. The number of morpholine rings is 1. The number of urea groups is 1. The first-order valence-electron chi connectivity index (χ1n) is 6.03. The summed E-state index contributed by atoms with van der Waals surface area (Å²) < 4.78 is 9.37. The number of carbonyl (C=O) groups excluding carboxylic acids is 1. The Balaban J connectivity index is 1.61. The van der Waals surface area contributed by atoms with Crippen molar-refractivity contribution < 1.29 is 9.53 Å². The smallest absolute Gasteiger partial charge is 0.319 e. The molecule has 1 fully saturated rings. The van der Waals surface area contributed by atoms with Gasteiger partial charge in [0.1, 0.15) is 5.00 Å². The predicted molar refractivity (Wildman–Crippen MR) is 71.0 cm³/mol. The van der Waals surface area contributed by atoms with Gasteiger partial charge in [-0.3, -0.25) is 10.2 Å². The van der Waals surface area contributed by atoms with Crippen LogP contribution < -0.4 is 10.6 Å². The maximum Gasteiger partial charge on any atom is 0.319 e. The minimum Gasteiger partial charge on any atom is -0.376 e. The number of aromatic nitrogens is 1. The lowest BCUT2D eigenvalue weighted by atomic mass is 10.3. The Morgan fingerprint density at radius 3 is 3.33 bits per heavy atom. The molecular weight excluding hydrogens is 252 g/mol. The van der Waals surface area contributed by atoms with E-state index in [1.165, 1.54) is 11.5 Å². The third-order valence-corrected chi connectivity index (χ3v) is 3.38. The summed E-state index contributed by atoms with van der Waals surface area (Å²) in [5, 5.41) is 6.32. The fourth-order valence-electron chi connectivity index (χ4n) is 1.86. The molecule has 2 rings (SSSR count). The van der Waals surface area contributed by atoms with Gasteiger partial charge in [0, 0.05) is 32.4 Å². The van der Waals surface area contributed by atoms with E-state index in [4.69, 9.17) is 4.74 Å². The lowest BCUT2D eigenvalue weighted by Crippen LogP contribution is -2.45. The normalized spacial score (nSPS) is 20.6. The molecule has 100 valence electrons. The van der Waals surface area contributed by atoms with Gasteiger partial charge in [-0.25, -0.2) is 4.79 Å². The van der Waals surface area contributed by atoms with Gasteiger partial charge in [0.25, 0.3) is 0 Å². The van der Waals surface area contributed by atoms with E-state index in [0.717, 1.165) is 31.2 Å². The SMILES string of the molecule is C[C@H]1CN(CCNC(=O)Nc2ccns2)CCO1. The van der Waals surface area contributed by atoms with Crippen LogP contribution >= 0.6 is 11.5 Å². The maximum atomic E-state index is 11.5. The first-order valence-corrected chi connectivity index (χ1v) is 6.81. The topological polar surface area (TPSA) is 66.5 Å². The number of hydrogen-bond acceptors (Lipinski definition) is 5. The van der Waals surface area contributed by atoms with Crippen LogP contribution in [0, 0.1) is 0 Å². The van der Waals surface area contributed by atoms with Crippen LogP contribution in [0.1, 0.15) is 6.92 Å². The van der Waals surface area contributed by atoms with Crippen LogP contribution in [0.4, 0.5) is 9.80 Å². The average Bonchev–Trinajstić information content (AvgIpc) is 2.82. The zero-order chi connectivity index (χ0) is 12.8. The van der Waals surface area contributed by atoms with Gasteiger partial charge in [-0.05, 0) is 24.5 Å². The molecule has 1 aromatic rings. The summed E-state index contributed by atoms with van der Waals surface area (Å²) >= 11 is 1.26. The fourth-order valence-corrected chi connectivity index (χ4v) is 2.35. The van der Waals surface area contributed by atoms with Crippen molar-refractivity contribution in [2.24, 2.45) is 0 Å². The molecule has 0 aromatic carbocycles. The number of anilines is 1. The quantitative estimate of drug-likeness (QED) is 0.856. The monoisotopic (exact) mass is 270 g/mol. The lowest BCUT2D eigenvalue weighted by Gasteiger charge is -2.30.